The van der Waals surface area contributed by atoms with Crippen LogP contribution in [0.5, 0.6) is 0 Å². The van der Waals surface area contributed by atoms with Gasteiger partial charge < -0.3 is 4.57 Å². The van der Waals surface area contributed by atoms with Crippen molar-refractivity contribution in [2.75, 3.05) is 0 Å². The second-order valence-corrected chi connectivity index (χ2v) is 11.8. The van der Waals surface area contributed by atoms with Crippen molar-refractivity contribution in [3.05, 3.63) is 124 Å². The third-order valence-electron chi connectivity index (χ3n) is 8.45. The fourth-order valence-corrected chi connectivity index (χ4v) is 6.78. The second kappa shape index (κ2) is 10.9. The summed E-state index contributed by atoms with van der Waals surface area (Å²) in [6, 6.07) is 28.3. The largest absolute Gasteiger partial charge is 0.809 e. The lowest BCUT2D eigenvalue weighted by Gasteiger charge is -2.13. The van der Waals surface area contributed by atoms with Gasteiger partial charge in [-0.3, -0.25) is 0 Å². The first-order valence-electron chi connectivity index (χ1n) is 14.6. The number of halogens is 2. The van der Waals surface area contributed by atoms with Crippen LogP contribution in [0.25, 0.3) is 44.1 Å². The Balaban J connectivity index is 1.46. The minimum atomic E-state index is -2.74. The smallest absolute Gasteiger partial charge is 0.308 e. The Morgan fingerprint density at radius 2 is 1.12 bits per heavy atom. The van der Waals surface area contributed by atoms with E-state index in [1.54, 1.807) is 12.1 Å². The van der Waals surface area contributed by atoms with Crippen LogP contribution >= 0.6 is 0 Å². The quantitative estimate of drug-likeness (QED) is 0.189. The zero-order valence-corrected chi connectivity index (χ0v) is 25.8. The summed E-state index contributed by atoms with van der Waals surface area (Å²) >= 11 is 0. The predicted molar refractivity (Wildman–Crippen MR) is 175 cm³/mol. The van der Waals surface area contributed by atoms with Gasteiger partial charge in [0.25, 0.3) is 0 Å². The molecular formula is C37H35BF2N3+. The number of hydrogen-bond donors (Lipinski definition) is 0. The molecular weight excluding hydrogens is 535 g/mol. The molecule has 0 aliphatic carbocycles. The zero-order chi connectivity index (χ0) is 30.6. The van der Waals surface area contributed by atoms with Crippen LogP contribution < -0.4 is 9.97 Å². The molecule has 6 aromatic rings. The predicted octanol–water partition coefficient (Wildman–Crippen LogP) is 8.81. The second-order valence-electron chi connectivity index (χ2n) is 11.8. The molecule has 43 heavy (non-hydrogen) atoms. The van der Waals surface area contributed by atoms with E-state index >= 15 is 0 Å². The average Bonchev–Trinajstić information content (AvgIpc) is 2.93. The monoisotopic (exact) mass is 570 g/mol. The summed E-state index contributed by atoms with van der Waals surface area (Å²) < 4.78 is 32.2. The van der Waals surface area contributed by atoms with E-state index in [0.717, 1.165) is 37.5 Å². The molecule has 214 valence electrons. The Hall–Kier alpha value is -4.58. The fraction of sp³-hybridized carbons (Fsp3) is 0.189. The molecule has 0 saturated carbocycles. The number of aryl methyl sites for hydroxylation is 7. The van der Waals surface area contributed by atoms with E-state index in [-0.39, 0.29) is 5.82 Å². The van der Waals surface area contributed by atoms with Gasteiger partial charge in [0.15, 0.2) is 0 Å². The summed E-state index contributed by atoms with van der Waals surface area (Å²) in [5, 5.41) is 1.81. The molecule has 6 heteroatoms. The zero-order valence-electron chi connectivity index (χ0n) is 25.8. The third kappa shape index (κ3) is 5.16. The van der Waals surface area contributed by atoms with Gasteiger partial charge in [-0.05, 0) is 133 Å². The molecule has 0 aliphatic heterocycles. The van der Waals surface area contributed by atoms with Crippen molar-refractivity contribution >= 4 is 35.0 Å². The van der Waals surface area contributed by atoms with Gasteiger partial charge in [0, 0.05) is 24.6 Å². The van der Waals surface area contributed by atoms with Gasteiger partial charge >= 0.3 is 13.2 Å². The van der Waals surface area contributed by atoms with Crippen molar-refractivity contribution in [2.45, 2.75) is 41.5 Å². The lowest BCUT2D eigenvalue weighted by Crippen LogP contribution is -2.46. The number of pyridine rings is 2. The summed E-state index contributed by atoms with van der Waals surface area (Å²) in [4.78, 5) is 4.75. The lowest BCUT2D eigenvalue weighted by molar-refractivity contribution is -0.511. The minimum Gasteiger partial charge on any atom is -0.308 e. The first-order chi connectivity index (χ1) is 20.5. The molecule has 2 heterocycles. The minimum absolute atomic E-state index is 0.204. The van der Waals surface area contributed by atoms with E-state index < -0.39 is 7.40 Å². The van der Waals surface area contributed by atoms with Crippen LogP contribution in [0.2, 0.25) is 0 Å². The van der Waals surface area contributed by atoms with Gasteiger partial charge in [-0.1, -0.05) is 47.5 Å². The summed E-state index contributed by atoms with van der Waals surface area (Å²) in [6.07, 6.45) is 0. The van der Waals surface area contributed by atoms with E-state index in [9.17, 15) is 8.63 Å². The van der Waals surface area contributed by atoms with Crippen LogP contribution in [0, 0.1) is 41.5 Å². The number of hydrogen-bond acceptors (Lipinski definition) is 1. The van der Waals surface area contributed by atoms with Crippen LogP contribution in [0.3, 0.4) is 0 Å². The number of benzene rings is 4. The van der Waals surface area contributed by atoms with Gasteiger partial charge in [0.05, 0.1) is 5.52 Å². The average molecular weight is 571 g/mol. The molecule has 0 saturated heterocycles. The number of nitrogens with zero attached hydrogens (tertiary/aromatic N) is 3. The van der Waals surface area contributed by atoms with Crippen LogP contribution in [0.15, 0.2) is 89.9 Å². The van der Waals surface area contributed by atoms with Crippen LogP contribution in [-0.4, -0.2) is 12.0 Å². The third-order valence-corrected chi connectivity index (χ3v) is 8.45. The number of rotatable bonds is 4. The Morgan fingerprint density at radius 1 is 0.605 bits per heavy atom. The van der Waals surface area contributed by atoms with E-state index in [1.165, 1.54) is 38.9 Å². The highest BCUT2D eigenvalue weighted by Crippen LogP contribution is 2.32. The standard InChI is InChI=1S/C37H35BF2N3/c1-22-16-24(3)36(25(4)17-22)30-8-12-32-28(20-30)10-14-34(42(32)7)41-35-15-11-29-21-31(9-13-33(29)43(35)38(39)40)37-26(5)18-23(2)19-27(37)6/h8-21H,1-7H3/q+1. The molecule has 0 spiro atoms. The molecule has 0 amide bonds. The van der Waals surface area contributed by atoms with Crippen LogP contribution in [0.1, 0.15) is 33.4 Å². The first-order valence-corrected chi connectivity index (χ1v) is 14.6. The summed E-state index contributed by atoms with van der Waals surface area (Å²) in [6.45, 7) is 12.7. The molecule has 0 fully saturated rings. The molecule has 0 N–H and O–H groups in total. The van der Waals surface area contributed by atoms with E-state index in [0.29, 0.717) is 11.0 Å². The van der Waals surface area contributed by atoms with Gasteiger partial charge in [0.2, 0.25) is 5.49 Å². The van der Waals surface area contributed by atoms with Crippen molar-refractivity contribution in [1.29, 1.82) is 0 Å². The highest BCUT2D eigenvalue weighted by molar-refractivity contribution is 6.32. The van der Waals surface area contributed by atoms with Gasteiger partial charge in [-0.15, -0.1) is 0 Å². The summed E-state index contributed by atoms with van der Waals surface area (Å²) in [5.74, 6) is 0.204. The highest BCUT2D eigenvalue weighted by Gasteiger charge is 2.32. The molecule has 3 nitrogen and oxygen atoms in total. The first kappa shape index (κ1) is 28.5. The van der Waals surface area contributed by atoms with Gasteiger partial charge in [0.1, 0.15) is 5.52 Å². The number of aromatic nitrogens is 2. The molecule has 0 aliphatic rings. The van der Waals surface area contributed by atoms with Crippen molar-refractivity contribution in [3.63, 3.8) is 0 Å². The molecule has 0 unspecified atom stereocenters. The Kier molecular flexibility index (Phi) is 7.25. The fourth-order valence-electron chi connectivity index (χ4n) is 6.78. The topological polar surface area (TPSA) is 21.2 Å². The van der Waals surface area contributed by atoms with Crippen LogP contribution in [-0.2, 0) is 7.05 Å². The lowest BCUT2D eigenvalue weighted by atomic mass is 9.93. The van der Waals surface area contributed by atoms with E-state index in [2.05, 4.69) is 84.0 Å². The van der Waals surface area contributed by atoms with Crippen molar-refractivity contribution < 1.29 is 13.1 Å². The van der Waals surface area contributed by atoms with Crippen molar-refractivity contribution in [2.24, 2.45) is 12.0 Å². The maximum Gasteiger partial charge on any atom is 0.809 e. The maximum atomic E-state index is 14.6. The maximum absolute atomic E-state index is 14.6. The van der Waals surface area contributed by atoms with E-state index in [4.69, 9.17) is 4.99 Å². The Bertz CT molecular complexity index is 2100. The Labute approximate surface area is 252 Å². The molecule has 4 aromatic carbocycles. The van der Waals surface area contributed by atoms with E-state index in [1.807, 2.05) is 41.9 Å². The SMILES string of the molecule is Cc1cc(C)c(-c2ccc3c(ccc(=Nc4ccc5cc(-c6c(C)cc(C)cc6C)ccc5[n+]4B(F)F)n3C)c2)c(C)c1. The van der Waals surface area contributed by atoms with Crippen molar-refractivity contribution in [1.82, 2.24) is 4.57 Å². The van der Waals surface area contributed by atoms with Gasteiger partial charge in [-0.25, -0.2) is 13.1 Å². The molecule has 0 radical (unpaired) electrons. The van der Waals surface area contributed by atoms with Crippen molar-refractivity contribution in [3.8, 4) is 22.3 Å². The van der Waals surface area contributed by atoms with Crippen LogP contribution in [0.4, 0.5) is 14.4 Å². The highest BCUT2D eigenvalue weighted by atomic mass is 19.2. The molecule has 0 bridgehead atoms. The molecule has 2 aromatic heterocycles. The Morgan fingerprint density at radius 3 is 1.67 bits per heavy atom. The number of fused-ring (bicyclic) bond motifs is 2. The summed E-state index contributed by atoms with van der Waals surface area (Å²) in [5.41, 5.74) is 13.9. The normalized spacial score (nSPS) is 12.0. The molecule has 0 atom stereocenters. The van der Waals surface area contributed by atoms with Gasteiger partial charge in [-0.2, -0.15) is 0 Å². The molecule has 6 rings (SSSR count). The summed E-state index contributed by atoms with van der Waals surface area (Å²) in [7, 11) is -0.819.